The molecular formula is C18H18N2O3S. The van der Waals surface area contributed by atoms with Crippen LogP contribution >= 0.6 is 11.3 Å². The maximum absolute atomic E-state index is 12.0. The number of aromatic nitrogens is 1. The normalized spacial score (nSPS) is 14.6. The monoisotopic (exact) mass is 342 g/mol. The molecule has 0 saturated heterocycles. The van der Waals surface area contributed by atoms with Crippen LogP contribution < -0.4 is 4.74 Å². The van der Waals surface area contributed by atoms with E-state index in [1.807, 2.05) is 19.9 Å². The lowest BCUT2D eigenvalue weighted by molar-refractivity contribution is 0.0531. The molecule has 6 heteroatoms. The van der Waals surface area contributed by atoms with Gasteiger partial charge in [0.2, 0.25) is 0 Å². The lowest BCUT2D eigenvalue weighted by Crippen LogP contribution is -2.24. The number of benzene rings is 1. The highest BCUT2D eigenvalue weighted by atomic mass is 32.1. The maximum Gasteiger partial charge on any atom is 0.350 e. The fraction of sp³-hybridized carbons (Fsp3) is 0.389. The molecule has 0 saturated carbocycles. The third-order valence-corrected chi connectivity index (χ3v) is 4.97. The molecule has 3 rings (SSSR count). The van der Waals surface area contributed by atoms with Crippen molar-refractivity contribution in [3.63, 3.8) is 0 Å². The standard InChI is InChI=1S/C18H18N2O3S/c1-5-22-17(21)15-10(2)20-16(24-15)11-6-12-8-18(3,4)23-14(12)13(7-11)9-19/h6-7H,5,8H2,1-4H3. The summed E-state index contributed by atoms with van der Waals surface area (Å²) in [5.74, 6) is 0.301. The summed E-state index contributed by atoms with van der Waals surface area (Å²) in [4.78, 5) is 17.0. The zero-order valence-corrected chi connectivity index (χ0v) is 14.9. The summed E-state index contributed by atoms with van der Waals surface area (Å²) in [5.41, 5.74) is 2.65. The predicted octanol–water partition coefficient (Wildman–Crippen LogP) is 3.88. The Balaban J connectivity index is 2.05. The Morgan fingerprint density at radius 1 is 1.50 bits per heavy atom. The number of thiazole rings is 1. The number of ether oxygens (including phenoxy) is 2. The Morgan fingerprint density at radius 3 is 2.92 bits per heavy atom. The van der Waals surface area contributed by atoms with Gasteiger partial charge in [0, 0.05) is 17.5 Å². The summed E-state index contributed by atoms with van der Waals surface area (Å²) in [6.45, 7) is 7.89. The average molecular weight is 342 g/mol. The number of rotatable bonds is 3. The Bertz CT molecular complexity index is 862. The van der Waals surface area contributed by atoms with Crippen molar-refractivity contribution in [1.29, 1.82) is 5.26 Å². The highest BCUT2D eigenvalue weighted by Gasteiger charge is 2.33. The van der Waals surface area contributed by atoms with Crippen molar-refractivity contribution in [2.75, 3.05) is 6.61 Å². The highest BCUT2D eigenvalue weighted by Crippen LogP contribution is 2.41. The molecule has 2 heterocycles. The first-order valence-electron chi connectivity index (χ1n) is 7.75. The average Bonchev–Trinajstić information content (AvgIpc) is 3.04. The molecule has 124 valence electrons. The largest absolute Gasteiger partial charge is 0.486 e. The lowest BCUT2D eigenvalue weighted by atomic mass is 9.98. The van der Waals surface area contributed by atoms with E-state index in [4.69, 9.17) is 9.47 Å². The number of fused-ring (bicyclic) bond motifs is 1. The van der Waals surface area contributed by atoms with Crippen molar-refractivity contribution < 1.29 is 14.3 Å². The van der Waals surface area contributed by atoms with Crippen molar-refractivity contribution in [3.05, 3.63) is 33.8 Å². The molecule has 1 aromatic carbocycles. The molecule has 24 heavy (non-hydrogen) atoms. The SMILES string of the molecule is CCOC(=O)c1sc(-c2cc(C#N)c3c(c2)CC(C)(C)O3)nc1C. The molecule has 0 amide bonds. The van der Waals surface area contributed by atoms with Crippen LogP contribution in [0, 0.1) is 18.3 Å². The number of nitrogens with zero attached hydrogens (tertiary/aromatic N) is 2. The molecule has 0 unspecified atom stereocenters. The van der Waals surface area contributed by atoms with E-state index >= 15 is 0 Å². The summed E-state index contributed by atoms with van der Waals surface area (Å²) in [5, 5.41) is 10.1. The van der Waals surface area contributed by atoms with Gasteiger partial charge in [0.25, 0.3) is 0 Å². The van der Waals surface area contributed by atoms with Crippen LogP contribution in [0.4, 0.5) is 0 Å². The third-order valence-electron chi connectivity index (χ3n) is 3.79. The van der Waals surface area contributed by atoms with Crippen molar-refractivity contribution >= 4 is 17.3 Å². The minimum Gasteiger partial charge on any atom is -0.486 e. The molecule has 2 aromatic rings. The molecule has 0 N–H and O–H groups in total. The number of aryl methyl sites for hydroxylation is 1. The van der Waals surface area contributed by atoms with Gasteiger partial charge in [-0.3, -0.25) is 0 Å². The first-order valence-corrected chi connectivity index (χ1v) is 8.57. The van der Waals surface area contributed by atoms with Crippen LogP contribution in [0.25, 0.3) is 10.6 Å². The van der Waals surface area contributed by atoms with E-state index in [0.717, 1.165) is 17.5 Å². The van der Waals surface area contributed by atoms with Gasteiger partial charge in [-0.15, -0.1) is 11.3 Å². The summed E-state index contributed by atoms with van der Waals surface area (Å²) >= 11 is 1.29. The van der Waals surface area contributed by atoms with Gasteiger partial charge in [0.1, 0.15) is 27.3 Å². The number of nitriles is 1. The van der Waals surface area contributed by atoms with Crippen LogP contribution in [0.3, 0.4) is 0 Å². The number of carbonyl (C=O) groups is 1. The van der Waals surface area contributed by atoms with E-state index in [0.29, 0.717) is 33.5 Å². The van der Waals surface area contributed by atoms with E-state index in [9.17, 15) is 10.1 Å². The van der Waals surface area contributed by atoms with Crippen LogP contribution in [0.1, 0.15) is 47.3 Å². The van der Waals surface area contributed by atoms with E-state index in [1.165, 1.54) is 11.3 Å². The Hall–Kier alpha value is -2.39. The highest BCUT2D eigenvalue weighted by molar-refractivity contribution is 7.17. The molecule has 0 spiro atoms. The van der Waals surface area contributed by atoms with E-state index in [2.05, 4.69) is 11.1 Å². The van der Waals surface area contributed by atoms with E-state index in [1.54, 1.807) is 19.9 Å². The second-order valence-electron chi connectivity index (χ2n) is 6.32. The van der Waals surface area contributed by atoms with Gasteiger partial charge in [0.05, 0.1) is 17.9 Å². The summed E-state index contributed by atoms with van der Waals surface area (Å²) in [6.07, 6.45) is 0.736. The lowest BCUT2D eigenvalue weighted by Gasteiger charge is -2.17. The van der Waals surface area contributed by atoms with Gasteiger partial charge in [-0.2, -0.15) is 5.26 Å². The van der Waals surface area contributed by atoms with Crippen LogP contribution in [0.5, 0.6) is 5.75 Å². The minimum atomic E-state index is -0.357. The third kappa shape index (κ3) is 2.87. The first kappa shape index (κ1) is 16.5. The predicted molar refractivity (Wildman–Crippen MR) is 91.4 cm³/mol. The Morgan fingerprint density at radius 2 is 2.25 bits per heavy atom. The number of carbonyl (C=O) groups excluding carboxylic acids is 1. The molecule has 0 radical (unpaired) electrons. The second-order valence-corrected chi connectivity index (χ2v) is 7.32. The van der Waals surface area contributed by atoms with Crippen molar-refractivity contribution in [2.24, 2.45) is 0 Å². The zero-order chi connectivity index (χ0) is 17.5. The zero-order valence-electron chi connectivity index (χ0n) is 14.1. The molecule has 1 aromatic heterocycles. The van der Waals surface area contributed by atoms with Crippen molar-refractivity contribution in [1.82, 2.24) is 4.98 Å². The first-order chi connectivity index (χ1) is 11.3. The fourth-order valence-electron chi connectivity index (χ4n) is 2.82. The Labute approximate surface area is 144 Å². The summed E-state index contributed by atoms with van der Waals surface area (Å²) in [6, 6.07) is 5.97. The van der Waals surface area contributed by atoms with Crippen LogP contribution in [0.15, 0.2) is 12.1 Å². The van der Waals surface area contributed by atoms with Gasteiger partial charge in [-0.05, 0) is 39.8 Å². The van der Waals surface area contributed by atoms with Gasteiger partial charge in [-0.25, -0.2) is 9.78 Å². The molecule has 0 atom stereocenters. The summed E-state index contributed by atoms with van der Waals surface area (Å²) in [7, 11) is 0. The molecule has 0 bridgehead atoms. The quantitative estimate of drug-likeness (QED) is 0.792. The smallest absolute Gasteiger partial charge is 0.350 e. The number of hydrogen-bond donors (Lipinski definition) is 0. The van der Waals surface area contributed by atoms with Crippen LogP contribution in [-0.2, 0) is 11.2 Å². The van der Waals surface area contributed by atoms with Crippen molar-refractivity contribution in [3.8, 4) is 22.4 Å². The fourth-order valence-corrected chi connectivity index (χ4v) is 3.77. The van der Waals surface area contributed by atoms with Gasteiger partial charge in [0.15, 0.2) is 0 Å². The Kier molecular flexibility index (Phi) is 4.06. The maximum atomic E-state index is 12.0. The van der Waals surface area contributed by atoms with E-state index < -0.39 is 0 Å². The molecule has 0 fully saturated rings. The number of hydrogen-bond acceptors (Lipinski definition) is 6. The van der Waals surface area contributed by atoms with Gasteiger partial charge in [-0.1, -0.05) is 0 Å². The molecule has 0 aliphatic carbocycles. The minimum absolute atomic E-state index is 0.318. The van der Waals surface area contributed by atoms with Crippen LogP contribution in [0.2, 0.25) is 0 Å². The second kappa shape index (κ2) is 5.91. The summed E-state index contributed by atoms with van der Waals surface area (Å²) < 4.78 is 11.0. The molecule has 5 nitrogen and oxygen atoms in total. The van der Waals surface area contributed by atoms with E-state index in [-0.39, 0.29) is 11.6 Å². The van der Waals surface area contributed by atoms with Gasteiger partial charge >= 0.3 is 5.97 Å². The van der Waals surface area contributed by atoms with Gasteiger partial charge < -0.3 is 9.47 Å². The van der Waals surface area contributed by atoms with Crippen LogP contribution in [-0.4, -0.2) is 23.2 Å². The molecular weight excluding hydrogens is 324 g/mol. The molecule has 1 aliphatic heterocycles. The molecule has 1 aliphatic rings. The topological polar surface area (TPSA) is 72.2 Å². The van der Waals surface area contributed by atoms with Crippen molar-refractivity contribution in [2.45, 2.75) is 39.7 Å². The number of esters is 1.